The van der Waals surface area contributed by atoms with E-state index in [2.05, 4.69) is 0 Å². The van der Waals surface area contributed by atoms with Crippen LogP contribution in [0.2, 0.25) is 0 Å². The Hall–Kier alpha value is -1.55. The van der Waals surface area contributed by atoms with E-state index in [1.54, 1.807) is 38.1 Å². The first-order chi connectivity index (χ1) is 9.84. The van der Waals surface area contributed by atoms with Crippen molar-refractivity contribution in [2.24, 2.45) is 11.8 Å². The number of aliphatic hydroxyl groups is 1. The number of rotatable bonds is 7. The highest BCUT2D eigenvalue weighted by Crippen LogP contribution is 2.36. The van der Waals surface area contributed by atoms with E-state index in [0.717, 1.165) is 5.75 Å². The van der Waals surface area contributed by atoms with Crippen molar-refractivity contribution in [1.29, 1.82) is 0 Å². The number of benzene rings is 1. The molecule has 0 saturated carbocycles. The van der Waals surface area contributed by atoms with Gasteiger partial charge in [0.1, 0.15) is 11.4 Å². The van der Waals surface area contributed by atoms with Gasteiger partial charge in [-0.3, -0.25) is 4.79 Å². The zero-order valence-corrected chi connectivity index (χ0v) is 13.6. The third-order valence-corrected chi connectivity index (χ3v) is 3.56. The zero-order valence-electron chi connectivity index (χ0n) is 13.6. The van der Waals surface area contributed by atoms with Crippen LogP contribution < -0.4 is 4.74 Å². The number of carbonyl (C=O) groups is 1. The first kappa shape index (κ1) is 17.5. The maximum Gasteiger partial charge on any atom is 0.312 e. The summed E-state index contributed by atoms with van der Waals surface area (Å²) in [4.78, 5) is 12.2. The van der Waals surface area contributed by atoms with E-state index in [1.807, 2.05) is 20.8 Å². The van der Waals surface area contributed by atoms with Gasteiger partial charge < -0.3 is 14.6 Å². The summed E-state index contributed by atoms with van der Waals surface area (Å²) < 4.78 is 10.5. The maximum atomic E-state index is 12.2. The molecule has 1 N–H and O–H groups in total. The average Bonchev–Trinajstić information content (AvgIpc) is 2.39. The third kappa shape index (κ3) is 4.21. The van der Waals surface area contributed by atoms with Gasteiger partial charge in [-0.25, -0.2) is 0 Å². The molecule has 0 aromatic heterocycles. The van der Waals surface area contributed by atoms with Gasteiger partial charge in [0, 0.05) is 0 Å². The second-order valence-electron chi connectivity index (χ2n) is 5.58. The number of hydrogen-bond acceptors (Lipinski definition) is 4. The van der Waals surface area contributed by atoms with Crippen LogP contribution in [-0.2, 0) is 15.1 Å². The fourth-order valence-corrected chi connectivity index (χ4v) is 2.62. The number of carbonyl (C=O) groups excluding carboxylic acids is 1. The van der Waals surface area contributed by atoms with Crippen molar-refractivity contribution in [3.8, 4) is 5.75 Å². The lowest BCUT2D eigenvalue weighted by Gasteiger charge is -2.34. The van der Waals surface area contributed by atoms with Crippen LogP contribution in [0.3, 0.4) is 0 Å². The summed E-state index contributed by atoms with van der Waals surface area (Å²) in [5, 5.41) is 10.9. The van der Waals surface area contributed by atoms with Crippen LogP contribution >= 0.6 is 0 Å². The summed E-state index contributed by atoms with van der Waals surface area (Å²) in [5.41, 5.74) is -0.608. The third-order valence-electron chi connectivity index (χ3n) is 3.56. The van der Waals surface area contributed by atoms with Crippen molar-refractivity contribution in [3.63, 3.8) is 0 Å². The molecule has 0 radical (unpaired) electrons. The Labute approximate surface area is 127 Å². The van der Waals surface area contributed by atoms with Gasteiger partial charge in [-0.05, 0) is 44.4 Å². The molecule has 0 aliphatic rings. The van der Waals surface area contributed by atoms with Crippen molar-refractivity contribution >= 4 is 5.97 Å². The topological polar surface area (TPSA) is 55.8 Å². The molecule has 2 atom stereocenters. The minimum absolute atomic E-state index is 0.0365. The molecule has 1 aromatic carbocycles. The van der Waals surface area contributed by atoms with E-state index in [9.17, 15) is 9.90 Å². The lowest BCUT2D eigenvalue weighted by molar-refractivity contribution is -0.161. The van der Waals surface area contributed by atoms with E-state index in [4.69, 9.17) is 9.47 Å². The lowest BCUT2D eigenvalue weighted by Crippen LogP contribution is -2.41. The summed E-state index contributed by atoms with van der Waals surface area (Å²) in [5.74, 6) is -0.276. The Bertz CT molecular complexity index is 448. The van der Waals surface area contributed by atoms with Gasteiger partial charge in [-0.2, -0.15) is 0 Å². The molecule has 0 bridgehead atoms. The van der Waals surface area contributed by atoms with Crippen LogP contribution in [0.4, 0.5) is 0 Å². The largest absolute Gasteiger partial charge is 0.494 e. The molecule has 2 unspecified atom stereocenters. The van der Waals surface area contributed by atoms with Crippen LogP contribution in [0.5, 0.6) is 5.75 Å². The smallest absolute Gasteiger partial charge is 0.312 e. The molecule has 0 aliphatic heterocycles. The molecule has 1 aromatic rings. The predicted octanol–water partition coefficient (Wildman–Crippen LogP) is 3.13. The minimum atomic E-state index is -1.29. The molecule has 1 rings (SSSR count). The minimum Gasteiger partial charge on any atom is -0.494 e. The Kier molecular flexibility index (Phi) is 6.21. The second kappa shape index (κ2) is 7.46. The maximum absolute atomic E-state index is 12.2. The molecule has 0 aliphatic carbocycles. The molecule has 0 amide bonds. The predicted molar refractivity (Wildman–Crippen MR) is 82.1 cm³/mol. The van der Waals surface area contributed by atoms with Gasteiger partial charge in [-0.1, -0.05) is 26.0 Å². The Balaban J connectivity index is 3.06. The molecule has 0 fully saturated rings. The number of esters is 1. The lowest BCUT2D eigenvalue weighted by atomic mass is 9.76. The normalized spacial score (nSPS) is 15.4. The van der Waals surface area contributed by atoms with Gasteiger partial charge in [0.05, 0.1) is 19.1 Å². The van der Waals surface area contributed by atoms with E-state index in [0.29, 0.717) is 18.8 Å². The zero-order chi connectivity index (χ0) is 16.0. The monoisotopic (exact) mass is 294 g/mol. The highest BCUT2D eigenvalue weighted by Gasteiger charge is 2.41. The van der Waals surface area contributed by atoms with Gasteiger partial charge in [0.15, 0.2) is 0 Å². The molecular weight excluding hydrogens is 268 g/mol. The Morgan fingerprint density at radius 2 is 1.76 bits per heavy atom. The van der Waals surface area contributed by atoms with E-state index >= 15 is 0 Å². The SMILES string of the molecule is CCOC(=O)C(C(C)C)C(C)(O)c1ccc(OCC)cc1. The van der Waals surface area contributed by atoms with E-state index < -0.39 is 11.5 Å². The standard InChI is InChI=1S/C17H26O4/c1-6-20-14-10-8-13(9-11-14)17(5,19)15(12(3)4)16(18)21-7-2/h8-12,15,19H,6-7H2,1-5H3. The molecule has 0 heterocycles. The van der Waals surface area contributed by atoms with Crippen LogP contribution in [0.15, 0.2) is 24.3 Å². The van der Waals surface area contributed by atoms with Gasteiger partial charge in [0.25, 0.3) is 0 Å². The Morgan fingerprint density at radius 3 is 2.19 bits per heavy atom. The molecule has 0 saturated heterocycles. The summed E-state index contributed by atoms with van der Waals surface area (Å²) in [6, 6.07) is 7.19. The van der Waals surface area contributed by atoms with Gasteiger partial charge in [0.2, 0.25) is 0 Å². The van der Waals surface area contributed by atoms with Crippen molar-refractivity contribution in [3.05, 3.63) is 29.8 Å². The number of ether oxygens (including phenoxy) is 2. The fourth-order valence-electron chi connectivity index (χ4n) is 2.62. The number of hydrogen-bond donors (Lipinski definition) is 1. The summed E-state index contributed by atoms with van der Waals surface area (Å²) in [6.45, 7) is 10.1. The summed E-state index contributed by atoms with van der Waals surface area (Å²) in [7, 11) is 0. The molecule has 0 spiro atoms. The molecule has 4 heteroatoms. The quantitative estimate of drug-likeness (QED) is 0.785. The first-order valence-electron chi connectivity index (χ1n) is 7.46. The van der Waals surface area contributed by atoms with Crippen LogP contribution in [0.1, 0.15) is 40.2 Å². The molecule has 118 valence electrons. The molecular formula is C17H26O4. The van der Waals surface area contributed by atoms with E-state index in [-0.39, 0.29) is 11.9 Å². The molecule has 4 nitrogen and oxygen atoms in total. The summed E-state index contributed by atoms with van der Waals surface area (Å²) >= 11 is 0. The second-order valence-corrected chi connectivity index (χ2v) is 5.58. The van der Waals surface area contributed by atoms with Crippen LogP contribution in [-0.4, -0.2) is 24.3 Å². The van der Waals surface area contributed by atoms with Crippen molar-refractivity contribution in [1.82, 2.24) is 0 Å². The van der Waals surface area contributed by atoms with Crippen molar-refractivity contribution in [2.45, 2.75) is 40.2 Å². The van der Waals surface area contributed by atoms with Crippen molar-refractivity contribution < 1.29 is 19.4 Å². The average molecular weight is 294 g/mol. The highest BCUT2D eigenvalue weighted by atomic mass is 16.5. The fraction of sp³-hybridized carbons (Fsp3) is 0.588. The van der Waals surface area contributed by atoms with Gasteiger partial charge in [-0.15, -0.1) is 0 Å². The summed E-state index contributed by atoms with van der Waals surface area (Å²) in [6.07, 6.45) is 0. The van der Waals surface area contributed by atoms with Crippen LogP contribution in [0, 0.1) is 11.8 Å². The Morgan fingerprint density at radius 1 is 1.19 bits per heavy atom. The van der Waals surface area contributed by atoms with Crippen molar-refractivity contribution in [2.75, 3.05) is 13.2 Å². The van der Waals surface area contributed by atoms with E-state index in [1.165, 1.54) is 0 Å². The van der Waals surface area contributed by atoms with Crippen LogP contribution in [0.25, 0.3) is 0 Å². The highest BCUT2D eigenvalue weighted by molar-refractivity contribution is 5.74. The van der Waals surface area contributed by atoms with Gasteiger partial charge >= 0.3 is 5.97 Å². The first-order valence-corrected chi connectivity index (χ1v) is 7.46. The molecule has 21 heavy (non-hydrogen) atoms.